The molecule has 150 valence electrons. The van der Waals surface area contributed by atoms with E-state index < -0.39 is 5.54 Å². The number of nitrogens with zero attached hydrogens (tertiary/aromatic N) is 3. The zero-order valence-electron chi connectivity index (χ0n) is 17.6. The molecule has 0 spiro atoms. The van der Waals surface area contributed by atoms with Gasteiger partial charge in [-0.1, -0.05) is 30.3 Å². The molecular weight excluding hydrogens is 358 g/mol. The van der Waals surface area contributed by atoms with Gasteiger partial charge in [-0.3, -0.25) is 4.98 Å². The molecule has 2 aromatic heterocycles. The summed E-state index contributed by atoms with van der Waals surface area (Å²) in [6.07, 6.45) is 7.05. The third kappa shape index (κ3) is 4.21. The van der Waals surface area contributed by atoms with Crippen LogP contribution in [0.15, 0.2) is 61.1 Å². The third-order valence-electron chi connectivity index (χ3n) is 5.47. The van der Waals surface area contributed by atoms with Crippen LogP contribution in [0.1, 0.15) is 46.4 Å². The predicted octanol–water partition coefficient (Wildman–Crippen LogP) is 4.30. The van der Waals surface area contributed by atoms with Gasteiger partial charge in [0.2, 0.25) is 0 Å². The van der Waals surface area contributed by atoms with Crippen LogP contribution in [0.25, 0.3) is 22.4 Å². The number of piperidine rings is 1. The summed E-state index contributed by atoms with van der Waals surface area (Å²) in [7, 11) is 0. The smallest absolute Gasteiger partial charge is 0.148 e. The molecule has 0 unspecified atom stereocenters. The summed E-state index contributed by atoms with van der Waals surface area (Å²) in [5.41, 5.74) is 10.4. The van der Waals surface area contributed by atoms with Gasteiger partial charge in [0.1, 0.15) is 5.82 Å². The molecule has 3 N–H and O–H groups in total. The summed E-state index contributed by atoms with van der Waals surface area (Å²) in [6.45, 7) is 8.76. The van der Waals surface area contributed by atoms with Crippen LogP contribution in [0.4, 0.5) is 0 Å². The molecule has 0 aliphatic carbocycles. The quantitative estimate of drug-likeness (QED) is 0.701. The number of nitrogens with one attached hydrogen (secondary N) is 1. The topological polar surface area (TPSA) is 76.7 Å². The number of hydrogen-bond donors (Lipinski definition) is 2. The van der Waals surface area contributed by atoms with Crippen LogP contribution in [-0.4, -0.2) is 26.0 Å². The molecule has 1 aromatic carbocycles. The Morgan fingerprint density at radius 2 is 1.48 bits per heavy atom. The molecule has 4 rings (SSSR count). The highest BCUT2D eigenvalue weighted by Gasteiger charge is 2.47. The zero-order valence-corrected chi connectivity index (χ0v) is 17.6. The first kappa shape index (κ1) is 19.7. The van der Waals surface area contributed by atoms with Gasteiger partial charge in [0.05, 0.1) is 11.2 Å². The molecule has 5 nitrogen and oxygen atoms in total. The maximum atomic E-state index is 6.91. The van der Waals surface area contributed by atoms with Gasteiger partial charge in [-0.25, -0.2) is 9.97 Å². The van der Waals surface area contributed by atoms with E-state index in [1.807, 2.05) is 24.5 Å². The number of nitrogens with two attached hydrogens (primary N) is 1. The maximum Gasteiger partial charge on any atom is 0.148 e. The molecule has 0 amide bonds. The van der Waals surface area contributed by atoms with Gasteiger partial charge in [-0.15, -0.1) is 0 Å². The SMILES string of the molecule is CC1(C)CC(N)(c2nccc(-c3ccc(-c4cccnc4)cc3)n2)CC(C)(C)N1. The summed E-state index contributed by atoms with van der Waals surface area (Å²) in [5, 5.41) is 3.68. The van der Waals surface area contributed by atoms with Gasteiger partial charge in [-0.05, 0) is 63.8 Å². The Morgan fingerprint density at radius 1 is 0.828 bits per heavy atom. The Bertz CT molecular complexity index is 977. The fourth-order valence-electron chi connectivity index (χ4n) is 4.93. The van der Waals surface area contributed by atoms with Gasteiger partial charge < -0.3 is 11.1 Å². The van der Waals surface area contributed by atoms with Crippen molar-refractivity contribution in [3.05, 3.63) is 66.9 Å². The lowest BCUT2D eigenvalue weighted by Crippen LogP contribution is -2.65. The lowest BCUT2D eigenvalue weighted by atomic mass is 9.71. The zero-order chi connectivity index (χ0) is 20.7. The Kier molecular flexibility index (Phi) is 4.75. The largest absolute Gasteiger partial charge is 0.319 e. The highest BCUT2D eigenvalue weighted by Crippen LogP contribution is 2.39. The van der Waals surface area contributed by atoms with Crippen LogP contribution < -0.4 is 11.1 Å². The van der Waals surface area contributed by atoms with Crippen molar-refractivity contribution < 1.29 is 0 Å². The molecule has 0 saturated carbocycles. The van der Waals surface area contributed by atoms with E-state index in [1.54, 1.807) is 6.20 Å². The van der Waals surface area contributed by atoms with Crippen molar-refractivity contribution in [2.75, 3.05) is 0 Å². The Labute approximate surface area is 172 Å². The number of aromatic nitrogens is 3. The summed E-state index contributed by atoms with van der Waals surface area (Å²) >= 11 is 0. The second-order valence-electron chi connectivity index (χ2n) is 9.49. The minimum Gasteiger partial charge on any atom is -0.319 e. The second kappa shape index (κ2) is 7.01. The van der Waals surface area contributed by atoms with Gasteiger partial charge in [0, 0.05) is 35.2 Å². The first-order valence-electron chi connectivity index (χ1n) is 10.1. The minimum atomic E-state index is -0.566. The van der Waals surface area contributed by atoms with E-state index in [9.17, 15) is 0 Å². The highest BCUT2D eigenvalue weighted by molar-refractivity contribution is 5.68. The van der Waals surface area contributed by atoms with Crippen LogP contribution in [-0.2, 0) is 5.54 Å². The molecular formula is C24H29N5. The van der Waals surface area contributed by atoms with Crippen molar-refractivity contribution in [1.29, 1.82) is 0 Å². The van der Waals surface area contributed by atoms with Crippen LogP contribution in [0.3, 0.4) is 0 Å². The van der Waals surface area contributed by atoms with Crippen molar-refractivity contribution in [2.24, 2.45) is 5.73 Å². The van der Waals surface area contributed by atoms with Crippen molar-refractivity contribution in [1.82, 2.24) is 20.3 Å². The summed E-state index contributed by atoms with van der Waals surface area (Å²) in [5.74, 6) is 0.717. The monoisotopic (exact) mass is 387 g/mol. The molecule has 0 radical (unpaired) electrons. The molecule has 1 fully saturated rings. The second-order valence-corrected chi connectivity index (χ2v) is 9.49. The lowest BCUT2D eigenvalue weighted by molar-refractivity contribution is 0.0991. The summed E-state index contributed by atoms with van der Waals surface area (Å²) in [4.78, 5) is 13.7. The number of pyridine rings is 1. The van der Waals surface area contributed by atoms with Crippen LogP contribution >= 0.6 is 0 Å². The molecule has 3 aromatic rings. The highest BCUT2D eigenvalue weighted by atomic mass is 15.1. The molecule has 0 atom stereocenters. The average Bonchev–Trinajstić information content (AvgIpc) is 2.66. The van der Waals surface area contributed by atoms with Crippen molar-refractivity contribution in [3.63, 3.8) is 0 Å². The number of rotatable bonds is 3. The van der Waals surface area contributed by atoms with Gasteiger partial charge in [0.25, 0.3) is 0 Å². The lowest BCUT2D eigenvalue weighted by Gasteiger charge is -2.50. The molecule has 1 aliphatic rings. The first-order chi connectivity index (χ1) is 13.7. The van der Waals surface area contributed by atoms with Gasteiger partial charge >= 0.3 is 0 Å². The summed E-state index contributed by atoms with van der Waals surface area (Å²) in [6, 6.07) is 14.3. The number of hydrogen-bond acceptors (Lipinski definition) is 5. The van der Waals surface area contributed by atoms with Gasteiger partial charge in [-0.2, -0.15) is 0 Å². The molecule has 1 saturated heterocycles. The van der Waals surface area contributed by atoms with E-state index in [0.717, 1.165) is 35.2 Å². The van der Waals surface area contributed by atoms with Crippen LogP contribution in [0.2, 0.25) is 0 Å². The third-order valence-corrected chi connectivity index (χ3v) is 5.47. The minimum absolute atomic E-state index is 0.0821. The molecule has 3 heterocycles. The van der Waals surface area contributed by atoms with E-state index in [0.29, 0.717) is 5.82 Å². The fraction of sp³-hybridized carbons (Fsp3) is 0.375. The molecule has 29 heavy (non-hydrogen) atoms. The van der Waals surface area contributed by atoms with Crippen LogP contribution in [0.5, 0.6) is 0 Å². The van der Waals surface area contributed by atoms with E-state index in [-0.39, 0.29) is 11.1 Å². The van der Waals surface area contributed by atoms with Crippen LogP contribution in [0, 0.1) is 0 Å². The van der Waals surface area contributed by atoms with Gasteiger partial charge in [0.15, 0.2) is 0 Å². The molecule has 5 heteroatoms. The maximum absolute atomic E-state index is 6.91. The fourth-order valence-corrected chi connectivity index (χ4v) is 4.93. The predicted molar refractivity (Wildman–Crippen MR) is 117 cm³/mol. The molecule has 1 aliphatic heterocycles. The standard InChI is InChI=1S/C24H29N5/c1-22(2)15-24(25,16-23(3,4)29-22)21-27-13-11-20(28-21)18-9-7-17(8-10-18)19-6-5-12-26-14-19/h5-14,29H,15-16,25H2,1-4H3. The van der Waals surface area contributed by atoms with Crippen molar-refractivity contribution in [2.45, 2.75) is 57.2 Å². The van der Waals surface area contributed by atoms with E-state index in [2.05, 4.69) is 73.3 Å². The molecule has 0 bridgehead atoms. The Balaban J connectivity index is 1.65. The van der Waals surface area contributed by atoms with Crippen molar-refractivity contribution >= 4 is 0 Å². The average molecular weight is 388 g/mol. The normalized spacial score (nSPS) is 19.6. The number of benzene rings is 1. The Hall–Kier alpha value is -2.63. The Morgan fingerprint density at radius 3 is 2.10 bits per heavy atom. The van der Waals surface area contributed by atoms with E-state index >= 15 is 0 Å². The summed E-state index contributed by atoms with van der Waals surface area (Å²) < 4.78 is 0. The van der Waals surface area contributed by atoms with E-state index in [4.69, 9.17) is 10.7 Å². The first-order valence-corrected chi connectivity index (χ1v) is 10.1. The van der Waals surface area contributed by atoms with Crippen molar-refractivity contribution in [3.8, 4) is 22.4 Å². The van der Waals surface area contributed by atoms with E-state index in [1.165, 1.54) is 0 Å².